The van der Waals surface area contributed by atoms with E-state index in [1.807, 2.05) is 0 Å². The van der Waals surface area contributed by atoms with Gasteiger partial charge in [0.15, 0.2) is 0 Å². The maximum absolute atomic E-state index is 12.4. The number of nitrogens with zero attached hydrogens (tertiary/aromatic N) is 2. The number of hydrogen-bond donors (Lipinski definition) is 1. The molecule has 2 saturated heterocycles. The molecule has 1 N–H and O–H groups in total. The molecule has 0 unspecified atom stereocenters. The number of amides is 1. The van der Waals surface area contributed by atoms with Crippen LogP contribution in [0.1, 0.15) is 38.5 Å². The second-order valence-electron chi connectivity index (χ2n) is 7.01. The molecule has 0 spiro atoms. The molecular weight excluding hydrogens is 302 g/mol. The summed E-state index contributed by atoms with van der Waals surface area (Å²) >= 11 is 0. The molecule has 3 rings (SSSR count). The fourth-order valence-electron chi connectivity index (χ4n) is 3.73. The monoisotopic (exact) mass is 329 g/mol. The van der Waals surface area contributed by atoms with E-state index >= 15 is 0 Å². The summed E-state index contributed by atoms with van der Waals surface area (Å²) in [7, 11) is -3.30. The van der Waals surface area contributed by atoms with Crippen LogP contribution in [-0.4, -0.2) is 68.0 Å². The van der Waals surface area contributed by atoms with Crippen molar-refractivity contribution in [3.8, 4) is 0 Å². The molecule has 2 aliphatic heterocycles. The lowest BCUT2D eigenvalue weighted by molar-refractivity contribution is -0.125. The highest BCUT2D eigenvalue weighted by atomic mass is 32.2. The quantitative estimate of drug-likeness (QED) is 0.793. The number of carbonyl (C=O) groups excluding carboxylic acids is 1. The summed E-state index contributed by atoms with van der Waals surface area (Å²) < 4.78 is 25.0. The lowest BCUT2D eigenvalue weighted by atomic mass is 10.0. The predicted octanol–water partition coefficient (Wildman–Crippen LogP) is 0.401. The Morgan fingerprint density at radius 1 is 1.14 bits per heavy atom. The Morgan fingerprint density at radius 2 is 1.91 bits per heavy atom. The topological polar surface area (TPSA) is 69.7 Å². The summed E-state index contributed by atoms with van der Waals surface area (Å²) in [6.45, 7) is 3.36. The number of carbonyl (C=O) groups is 1. The van der Waals surface area contributed by atoms with Gasteiger partial charge in [0.1, 0.15) is 6.04 Å². The molecule has 2 atom stereocenters. The zero-order chi connectivity index (χ0) is 15.7. The fourth-order valence-corrected chi connectivity index (χ4v) is 4.85. The number of likely N-dealkylation sites (tertiary alicyclic amines) is 1. The van der Waals surface area contributed by atoms with Crippen molar-refractivity contribution in [2.75, 3.05) is 32.4 Å². The largest absolute Gasteiger partial charge is 0.354 e. The van der Waals surface area contributed by atoms with Gasteiger partial charge in [0, 0.05) is 25.7 Å². The highest BCUT2D eigenvalue weighted by Crippen LogP contribution is 2.31. The van der Waals surface area contributed by atoms with Gasteiger partial charge >= 0.3 is 0 Å². The second-order valence-corrected chi connectivity index (χ2v) is 8.95. The third kappa shape index (κ3) is 3.81. The molecule has 1 saturated carbocycles. The van der Waals surface area contributed by atoms with Crippen molar-refractivity contribution in [2.24, 2.45) is 5.92 Å². The van der Waals surface area contributed by atoms with Crippen molar-refractivity contribution in [1.29, 1.82) is 0 Å². The van der Waals surface area contributed by atoms with Crippen molar-refractivity contribution >= 4 is 15.9 Å². The van der Waals surface area contributed by atoms with Gasteiger partial charge in [-0.25, -0.2) is 8.42 Å². The Morgan fingerprint density at radius 3 is 2.59 bits per heavy atom. The first-order valence-corrected chi connectivity index (χ1v) is 10.3. The molecule has 2 heterocycles. The summed E-state index contributed by atoms with van der Waals surface area (Å²) in [5.41, 5.74) is 0. The summed E-state index contributed by atoms with van der Waals surface area (Å²) in [6.07, 6.45) is 7.38. The molecule has 6 nitrogen and oxygen atoms in total. The molecule has 3 fully saturated rings. The summed E-state index contributed by atoms with van der Waals surface area (Å²) in [5.74, 6) is 0.398. The third-order valence-corrected chi connectivity index (χ3v) is 6.42. The van der Waals surface area contributed by atoms with E-state index < -0.39 is 16.1 Å². The van der Waals surface area contributed by atoms with Crippen LogP contribution in [0.3, 0.4) is 0 Å². The zero-order valence-electron chi connectivity index (χ0n) is 13.3. The minimum Gasteiger partial charge on any atom is -0.354 e. The average Bonchev–Trinajstić information content (AvgIpc) is 3.23. The van der Waals surface area contributed by atoms with Crippen molar-refractivity contribution in [3.05, 3.63) is 0 Å². The first-order valence-electron chi connectivity index (χ1n) is 8.44. The Balaban J connectivity index is 1.50. The minimum absolute atomic E-state index is 0.116. The smallest absolute Gasteiger partial charge is 0.238 e. The van der Waals surface area contributed by atoms with Crippen LogP contribution in [0.25, 0.3) is 0 Å². The van der Waals surface area contributed by atoms with Crippen molar-refractivity contribution in [3.63, 3.8) is 0 Å². The zero-order valence-corrected chi connectivity index (χ0v) is 14.1. The molecule has 7 heteroatoms. The Kier molecular flexibility index (Phi) is 4.75. The Labute approximate surface area is 133 Å². The normalized spacial score (nSPS) is 31.3. The molecule has 1 amide bonds. The Hall–Kier alpha value is -0.660. The molecule has 0 bridgehead atoms. The van der Waals surface area contributed by atoms with Gasteiger partial charge < -0.3 is 10.2 Å². The summed E-state index contributed by atoms with van der Waals surface area (Å²) in [6, 6.07) is 0.282. The first-order chi connectivity index (χ1) is 10.4. The van der Waals surface area contributed by atoms with Gasteiger partial charge in [0.2, 0.25) is 15.9 Å². The predicted molar refractivity (Wildman–Crippen MR) is 84.9 cm³/mol. The molecule has 3 aliphatic rings. The molecule has 0 aromatic rings. The van der Waals surface area contributed by atoms with Crippen molar-refractivity contribution in [2.45, 2.75) is 50.6 Å². The van der Waals surface area contributed by atoms with Gasteiger partial charge in [0.25, 0.3) is 0 Å². The van der Waals surface area contributed by atoms with Gasteiger partial charge in [-0.1, -0.05) is 6.42 Å². The van der Waals surface area contributed by atoms with Crippen LogP contribution < -0.4 is 5.32 Å². The van der Waals surface area contributed by atoms with E-state index in [0.717, 1.165) is 38.4 Å². The lowest BCUT2D eigenvalue weighted by Crippen LogP contribution is -2.52. The molecule has 22 heavy (non-hydrogen) atoms. The SMILES string of the molecule is CS(=O)(=O)N1CCCC[C@@H]1C(=O)NC[C@H]1CCN(C2CC2)C1. The fraction of sp³-hybridized carbons (Fsp3) is 0.933. The molecule has 0 radical (unpaired) electrons. The van der Waals surface area contributed by atoms with Crippen LogP contribution in [0.5, 0.6) is 0 Å². The van der Waals surface area contributed by atoms with E-state index in [1.165, 1.54) is 23.4 Å². The Bertz CT molecular complexity index is 518. The number of hydrogen-bond acceptors (Lipinski definition) is 4. The third-order valence-electron chi connectivity index (χ3n) is 5.13. The molecule has 0 aromatic heterocycles. The number of rotatable bonds is 5. The maximum Gasteiger partial charge on any atom is 0.238 e. The van der Waals surface area contributed by atoms with Crippen LogP contribution in [0.4, 0.5) is 0 Å². The van der Waals surface area contributed by atoms with Gasteiger partial charge in [-0.05, 0) is 44.6 Å². The van der Waals surface area contributed by atoms with Crippen LogP contribution in [0, 0.1) is 5.92 Å². The maximum atomic E-state index is 12.4. The highest BCUT2D eigenvalue weighted by molar-refractivity contribution is 7.88. The first kappa shape index (κ1) is 16.2. The van der Waals surface area contributed by atoms with E-state index in [-0.39, 0.29) is 5.91 Å². The molecular formula is C15H27N3O3S. The minimum atomic E-state index is -3.30. The van der Waals surface area contributed by atoms with Gasteiger partial charge in [0.05, 0.1) is 6.26 Å². The van der Waals surface area contributed by atoms with Crippen molar-refractivity contribution in [1.82, 2.24) is 14.5 Å². The molecule has 0 aromatic carbocycles. The second kappa shape index (κ2) is 6.45. The average molecular weight is 329 g/mol. The number of piperidine rings is 1. The van der Waals surface area contributed by atoms with E-state index in [4.69, 9.17) is 0 Å². The summed E-state index contributed by atoms with van der Waals surface area (Å²) in [4.78, 5) is 14.9. The van der Waals surface area contributed by atoms with Gasteiger partial charge in [-0.2, -0.15) is 4.31 Å². The highest BCUT2D eigenvalue weighted by Gasteiger charge is 2.36. The standard InChI is InChI=1S/C15H27N3O3S/c1-22(20,21)18-8-3-2-4-14(18)15(19)16-10-12-7-9-17(11-12)13-5-6-13/h12-14H,2-11H2,1H3,(H,16,19)/t12-,14-/m1/s1. The van der Waals surface area contributed by atoms with Crippen LogP contribution in [0.2, 0.25) is 0 Å². The lowest BCUT2D eigenvalue weighted by Gasteiger charge is -2.32. The number of nitrogens with one attached hydrogen (secondary N) is 1. The molecule has 1 aliphatic carbocycles. The number of sulfonamides is 1. The van der Waals surface area contributed by atoms with Crippen molar-refractivity contribution < 1.29 is 13.2 Å². The summed E-state index contributed by atoms with van der Waals surface area (Å²) in [5, 5.41) is 3.00. The van der Waals surface area contributed by atoms with Crippen LogP contribution in [-0.2, 0) is 14.8 Å². The van der Waals surface area contributed by atoms with E-state index in [0.29, 0.717) is 25.4 Å². The van der Waals surface area contributed by atoms with Gasteiger partial charge in [-0.15, -0.1) is 0 Å². The van der Waals surface area contributed by atoms with Crippen LogP contribution in [0.15, 0.2) is 0 Å². The van der Waals surface area contributed by atoms with Crippen LogP contribution >= 0.6 is 0 Å². The van der Waals surface area contributed by atoms with E-state index in [1.54, 1.807) is 0 Å². The van der Waals surface area contributed by atoms with E-state index in [9.17, 15) is 13.2 Å². The van der Waals surface area contributed by atoms with E-state index in [2.05, 4.69) is 10.2 Å². The molecule has 126 valence electrons. The van der Waals surface area contributed by atoms with Gasteiger partial charge in [-0.3, -0.25) is 4.79 Å².